The molecule has 0 aliphatic heterocycles. The Morgan fingerprint density at radius 3 is 2.53 bits per heavy atom. The summed E-state index contributed by atoms with van der Waals surface area (Å²) in [4.78, 5) is 10.6. The summed E-state index contributed by atoms with van der Waals surface area (Å²) in [6.07, 6.45) is 4.56. The van der Waals surface area contributed by atoms with Gasteiger partial charge in [0.1, 0.15) is 5.60 Å². The van der Waals surface area contributed by atoms with E-state index < -0.39 is 23.1 Å². The predicted molar refractivity (Wildman–Crippen MR) is 73.6 cm³/mol. The quantitative estimate of drug-likeness (QED) is 0.415. The van der Waals surface area contributed by atoms with Crippen LogP contribution < -0.4 is 0 Å². The van der Waals surface area contributed by atoms with E-state index in [1.54, 1.807) is 19.1 Å². The zero-order valence-electron chi connectivity index (χ0n) is 11.7. The van der Waals surface area contributed by atoms with Crippen LogP contribution in [0, 0.1) is 5.41 Å². The van der Waals surface area contributed by atoms with Gasteiger partial charge >= 0.3 is 5.97 Å². The lowest BCUT2D eigenvalue weighted by Crippen LogP contribution is -2.50. The minimum absolute atomic E-state index is 0.353. The van der Waals surface area contributed by atoms with E-state index >= 15 is 0 Å². The highest BCUT2D eigenvalue weighted by molar-refractivity contribution is 5.81. The van der Waals surface area contributed by atoms with Crippen LogP contribution in [0.5, 0.6) is 0 Å². The van der Waals surface area contributed by atoms with Crippen molar-refractivity contribution in [2.24, 2.45) is 5.41 Å². The zero-order valence-corrected chi connectivity index (χ0v) is 11.7. The topological polar surface area (TPSA) is 77.8 Å². The van der Waals surface area contributed by atoms with E-state index in [-0.39, 0.29) is 0 Å². The molecule has 0 amide bonds. The second-order valence-corrected chi connectivity index (χ2v) is 5.88. The highest BCUT2D eigenvalue weighted by Crippen LogP contribution is 2.47. The molecule has 106 valence electrons. The minimum atomic E-state index is -1.24. The van der Waals surface area contributed by atoms with Crippen molar-refractivity contribution >= 4 is 5.97 Å². The highest BCUT2D eigenvalue weighted by atomic mass is 16.4. The number of carbonyl (C=O) groups is 1. The molecule has 19 heavy (non-hydrogen) atoms. The summed E-state index contributed by atoms with van der Waals surface area (Å²) in [5.74, 6) is -1.02. The number of hydrogen-bond acceptors (Lipinski definition) is 3. The van der Waals surface area contributed by atoms with E-state index in [4.69, 9.17) is 5.11 Å². The molecule has 3 N–H and O–H groups in total. The van der Waals surface area contributed by atoms with Crippen molar-refractivity contribution in [2.75, 3.05) is 0 Å². The Labute approximate surface area is 113 Å². The van der Waals surface area contributed by atoms with Crippen molar-refractivity contribution < 1.29 is 20.1 Å². The molecule has 0 aromatic carbocycles. The maximum Gasteiger partial charge on any atom is 0.328 e. The molecule has 0 aromatic heterocycles. The molecule has 1 aliphatic rings. The number of aliphatic hydroxyl groups excluding tert-OH is 1. The zero-order chi connectivity index (χ0) is 14.8. The van der Waals surface area contributed by atoms with Crippen molar-refractivity contribution in [1.29, 1.82) is 0 Å². The molecule has 0 spiro atoms. The van der Waals surface area contributed by atoms with Crippen LogP contribution in [0.4, 0.5) is 0 Å². The first-order valence-corrected chi connectivity index (χ1v) is 6.27. The third-order valence-electron chi connectivity index (χ3n) is 3.74. The van der Waals surface area contributed by atoms with Gasteiger partial charge < -0.3 is 15.3 Å². The van der Waals surface area contributed by atoms with E-state index in [0.29, 0.717) is 24.0 Å². The molecule has 2 atom stereocenters. The molecule has 1 rings (SSSR count). The fourth-order valence-corrected chi connectivity index (χ4v) is 2.57. The summed E-state index contributed by atoms with van der Waals surface area (Å²) in [5.41, 5.74) is -0.701. The number of hydrogen-bond donors (Lipinski definition) is 3. The number of rotatable bonds is 3. The van der Waals surface area contributed by atoms with Crippen molar-refractivity contribution in [3.63, 3.8) is 0 Å². The molecule has 0 radical (unpaired) electrons. The highest BCUT2D eigenvalue weighted by Gasteiger charge is 2.48. The maximum absolute atomic E-state index is 10.8. The Bertz CT molecular complexity index is 445. The van der Waals surface area contributed by atoms with E-state index in [1.807, 2.05) is 13.8 Å². The molecule has 0 saturated heterocycles. The van der Waals surface area contributed by atoms with Gasteiger partial charge in [0.2, 0.25) is 0 Å². The van der Waals surface area contributed by atoms with Gasteiger partial charge in [-0.15, -0.1) is 0 Å². The summed E-state index contributed by atoms with van der Waals surface area (Å²) >= 11 is 0. The molecule has 0 aromatic rings. The largest absolute Gasteiger partial charge is 0.478 e. The second-order valence-electron chi connectivity index (χ2n) is 5.88. The van der Waals surface area contributed by atoms with Gasteiger partial charge in [-0.25, -0.2) is 4.79 Å². The SMILES string of the molecule is C=C1CC(O)CC(C)(C)C1(O)C=CC(C)=CC(=O)O. The fourth-order valence-electron chi connectivity index (χ4n) is 2.57. The van der Waals surface area contributed by atoms with Gasteiger partial charge in [-0.05, 0) is 37.0 Å². The minimum Gasteiger partial charge on any atom is -0.478 e. The van der Waals surface area contributed by atoms with E-state index in [9.17, 15) is 15.0 Å². The van der Waals surface area contributed by atoms with Crippen LogP contribution >= 0.6 is 0 Å². The van der Waals surface area contributed by atoms with Gasteiger partial charge in [0.25, 0.3) is 0 Å². The van der Waals surface area contributed by atoms with Crippen LogP contribution in [0.1, 0.15) is 33.6 Å². The summed E-state index contributed by atoms with van der Waals surface area (Å²) in [6.45, 7) is 9.23. The third-order valence-corrected chi connectivity index (χ3v) is 3.74. The molecule has 1 fully saturated rings. The predicted octanol–water partition coefficient (Wildman–Crippen LogP) is 2.04. The van der Waals surface area contributed by atoms with Crippen LogP contribution in [0.15, 0.2) is 36.0 Å². The number of aliphatic carboxylic acids is 1. The van der Waals surface area contributed by atoms with Gasteiger partial charge in [0.15, 0.2) is 0 Å². The normalized spacial score (nSPS) is 31.7. The van der Waals surface area contributed by atoms with E-state index in [0.717, 1.165) is 6.08 Å². The average Bonchev–Trinajstić information content (AvgIpc) is 2.21. The molecular weight excluding hydrogens is 244 g/mol. The van der Waals surface area contributed by atoms with Gasteiger partial charge in [-0.3, -0.25) is 0 Å². The maximum atomic E-state index is 10.8. The van der Waals surface area contributed by atoms with Crippen molar-refractivity contribution in [1.82, 2.24) is 0 Å². The number of carboxylic acids is 1. The van der Waals surface area contributed by atoms with Crippen molar-refractivity contribution in [3.8, 4) is 0 Å². The Balaban J connectivity index is 3.05. The fraction of sp³-hybridized carbons (Fsp3) is 0.533. The molecular formula is C15H22O4. The van der Waals surface area contributed by atoms with Crippen LogP contribution in [0.3, 0.4) is 0 Å². The average molecular weight is 266 g/mol. The summed E-state index contributed by atoms with van der Waals surface area (Å²) < 4.78 is 0. The summed E-state index contributed by atoms with van der Waals surface area (Å²) in [7, 11) is 0. The first kappa shape index (κ1) is 15.7. The Hall–Kier alpha value is -1.39. The summed E-state index contributed by atoms with van der Waals surface area (Å²) in [5, 5.41) is 29.2. The van der Waals surface area contributed by atoms with E-state index in [2.05, 4.69) is 6.58 Å². The smallest absolute Gasteiger partial charge is 0.328 e. The first-order chi connectivity index (χ1) is 8.58. The Kier molecular flexibility index (Phi) is 4.38. The van der Waals surface area contributed by atoms with Crippen LogP contribution in [-0.2, 0) is 4.79 Å². The molecule has 0 bridgehead atoms. The van der Waals surface area contributed by atoms with Gasteiger partial charge in [0.05, 0.1) is 6.10 Å². The van der Waals surface area contributed by atoms with Gasteiger partial charge in [-0.2, -0.15) is 0 Å². The molecule has 1 saturated carbocycles. The number of aliphatic hydroxyl groups is 2. The second kappa shape index (κ2) is 5.31. The Morgan fingerprint density at radius 2 is 2.05 bits per heavy atom. The van der Waals surface area contributed by atoms with Crippen LogP contribution in [-0.4, -0.2) is 33.0 Å². The Morgan fingerprint density at radius 1 is 1.47 bits per heavy atom. The first-order valence-electron chi connectivity index (χ1n) is 6.27. The van der Waals surface area contributed by atoms with Gasteiger partial charge in [-0.1, -0.05) is 26.5 Å². The van der Waals surface area contributed by atoms with Crippen molar-refractivity contribution in [2.45, 2.75) is 45.3 Å². The van der Waals surface area contributed by atoms with Gasteiger partial charge in [0, 0.05) is 11.5 Å². The molecule has 2 unspecified atom stereocenters. The van der Waals surface area contributed by atoms with Crippen LogP contribution in [0.2, 0.25) is 0 Å². The lowest BCUT2D eigenvalue weighted by atomic mass is 9.62. The lowest BCUT2D eigenvalue weighted by molar-refractivity contribution is -0.131. The van der Waals surface area contributed by atoms with E-state index in [1.165, 1.54) is 0 Å². The lowest BCUT2D eigenvalue weighted by Gasteiger charge is -2.47. The molecule has 4 nitrogen and oxygen atoms in total. The summed E-state index contributed by atoms with van der Waals surface area (Å²) in [6, 6.07) is 0. The number of allylic oxidation sites excluding steroid dienone is 2. The van der Waals surface area contributed by atoms with Crippen LogP contribution in [0.25, 0.3) is 0 Å². The monoisotopic (exact) mass is 266 g/mol. The molecule has 0 heterocycles. The molecule has 1 aliphatic carbocycles. The molecule has 4 heteroatoms. The third kappa shape index (κ3) is 3.33. The van der Waals surface area contributed by atoms with Crippen molar-refractivity contribution in [3.05, 3.63) is 36.0 Å². The number of carboxylic acid groups (broad SMARTS) is 1. The standard InChI is InChI=1S/C15H22O4/c1-10(7-13(17)18)5-6-15(19)11(2)8-12(16)9-14(15,3)4/h5-7,12,16,19H,2,8-9H2,1,3-4H3,(H,17,18).